The van der Waals surface area contributed by atoms with Gasteiger partial charge in [0.2, 0.25) is 0 Å². The molecule has 2 rings (SSSR count). The summed E-state index contributed by atoms with van der Waals surface area (Å²) in [6.07, 6.45) is -0.658. The fourth-order valence-corrected chi connectivity index (χ4v) is 1.69. The summed E-state index contributed by atoms with van der Waals surface area (Å²) in [7, 11) is 0. The zero-order valence-electron chi connectivity index (χ0n) is 9.69. The first-order chi connectivity index (χ1) is 9.06. The molecule has 3 N–H and O–H groups in total. The molecule has 0 aliphatic heterocycles. The zero-order chi connectivity index (χ0) is 13.8. The number of amides is 1. The summed E-state index contributed by atoms with van der Waals surface area (Å²) in [5.74, 6) is 0.298. The van der Waals surface area contributed by atoms with E-state index in [4.69, 9.17) is 33.7 Å². The van der Waals surface area contributed by atoms with E-state index in [0.29, 0.717) is 27.2 Å². The highest BCUT2D eigenvalue weighted by Crippen LogP contribution is 2.25. The van der Waals surface area contributed by atoms with Crippen LogP contribution in [-0.4, -0.2) is 6.09 Å². The molecule has 0 radical (unpaired) electrons. The predicted molar refractivity (Wildman–Crippen MR) is 77.0 cm³/mol. The zero-order valence-corrected chi connectivity index (χ0v) is 11.2. The van der Waals surface area contributed by atoms with Crippen LogP contribution >= 0.6 is 23.2 Å². The molecule has 4 nitrogen and oxygen atoms in total. The van der Waals surface area contributed by atoms with E-state index in [9.17, 15) is 4.79 Å². The van der Waals surface area contributed by atoms with Crippen LogP contribution in [0.3, 0.4) is 0 Å². The number of anilines is 2. The van der Waals surface area contributed by atoms with Gasteiger partial charge in [-0.3, -0.25) is 5.32 Å². The summed E-state index contributed by atoms with van der Waals surface area (Å²) in [5, 5.41) is 3.35. The number of carbonyl (C=O) groups is 1. The summed E-state index contributed by atoms with van der Waals surface area (Å²) in [6, 6.07) is 11.4. The second-order valence-corrected chi connectivity index (χ2v) is 4.49. The first kappa shape index (κ1) is 13.5. The smallest absolute Gasteiger partial charge is 0.410 e. The van der Waals surface area contributed by atoms with Gasteiger partial charge in [0.1, 0.15) is 5.75 Å². The van der Waals surface area contributed by atoms with Gasteiger partial charge in [-0.05, 0) is 24.3 Å². The van der Waals surface area contributed by atoms with Crippen molar-refractivity contribution in [2.45, 2.75) is 0 Å². The molecule has 0 aliphatic rings. The number of hydrogen-bond donors (Lipinski definition) is 2. The van der Waals surface area contributed by atoms with E-state index in [0.717, 1.165) is 0 Å². The number of nitrogen functional groups attached to an aromatic ring is 1. The van der Waals surface area contributed by atoms with Gasteiger partial charge in [-0.2, -0.15) is 0 Å². The Balaban J connectivity index is 2.05. The number of ether oxygens (including phenoxy) is 1. The molecule has 19 heavy (non-hydrogen) atoms. The second kappa shape index (κ2) is 5.82. The highest BCUT2D eigenvalue weighted by atomic mass is 35.5. The van der Waals surface area contributed by atoms with E-state index in [-0.39, 0.29) is 0 Å². The molecule has 0 unspecified atom stereocenters. The molecule has 0 spiro atoms. The average Bonchev–Trinajstić information content (AvgIpc) is 2.37. The molecule has 0 bridgehead atoms. The van der Waals surface area contributed by atoms with Gasteiger partial charge in [-0.25, -0.2) is 4.79 Å². The summed E-state index contributed by atoms with van der Waals surface area (Å²) >= 11 is 11.7. The molecule has 0 heterocycles. The Labute approximate surface area is 120 Å². The van der Waals surface area contributed by atoms with Crippen molar-refractivity contribution in [3.8, 4) is 5.75 Å². The number of benzene rings is 2. The lowest BCUT2D eigenvalue weighted by Crippen LogP contribution is -2.17. The number of halogens is 2. The number of nitrogens with one attached hydrogen (secondary N) is 1. The number of rotatable bonds is 2. The third-order valence-electron chi connectivity index (χ3n) is 2.29. The summed E-state index contributed by atoms with van der Waals surface area (Å²) in [5.41, 5.74) is 6.41. The first-order valence-electron chi connectivity index (χ1n) is 5.34. The molecule has 0 aromatic heterocycles. The van der Waals surface area contributed by atoms with Gasteiger partial charge in [-0.15, -0.1) is 0 Å². The first-order valence-corrected chi connectivity index (χ1v) is 6.10. The van der Waals surface area contributed by atoms with Crippen molar-refractivity contribution in [2.24, 2.45) is 0 Å². The van der Waals surface area contributed by atoms with Gasteiger partial charge in [-0.1, -0.05) is 35.3 Å². The van der Waals surface area contributed by atoms with Crippen molar-refractivity contribution in [3.05, 3.63) is 52.5 Å². The Morgan fingerprint density at radius 1 is 1.11 bits per heavy atom. The van der Waals surface area contributed by atoms with E-state index in [1.807, 2.05) is 0 Å². The SMILES string of the molecule is Nc1cc(OC(=O)Nc2ccccc2Cl)ccc1Cl. The quantitative estimate of drug-likeness (QED) is 0.817. The Hall–Kier alpha value is -1.91. The third-order valence-corrected chi connectivity index (χ3v) is 2.96. The largest absolute Gasteiger partial charge is 0.417 e. The van der Waals surface area contributed by atoms with Crippen LogP contribution in [0.25, 0.3) is 0 Å². The van der Waals surface area contributed by atoms with Gasteiger partial charge in [0.15, 0.2) is 0 Å². The van der Waals surface area contributed by atoms with E-state index in [2.05, 4.69) is 5.32 Å². The second-order valence-electron chi connectivity index (χ2n) is 3.68. The molecule has 98 valence electrons. The van der Waals surface area contributed by atoms with Crippen LogP contribution < -0.4 is 15.8 Å². The molecule has 6 heteroatoms. The van der Waals surface area contributed by atoms with Crippen LogP contribution in [0, 0.1) is 0 Å². The maximum absolute atomic E-state index is 11.7. The Morgan fingerprint density at radius 2 is 1.84 bits per heavy atom. The number of para-hydroxylation sites is 1. The summed E-state index contributed by atoms with van der Waals surface area (Å²) < 4.78 is 5.06. The number of carbonyl (C=O) groups excluding carboxylic acids is 1. The van der Waals surface area contributed by atoms with E-state index in [1.165, 1.54) is 6.07 Å². The maximum Gasteiger partial charge on any atom is 0.417 e. The van der Waals surface area contributed by atoms with Crippen LogP contribution in [0.1, 0.15) is 0 Å². The molecule has 0 saturated heterocycles. The molecule has 2 aromatic carbocycles. The fraction of sp³-hybridized carbons (Fsp3) is 0. The van der Waals surface area contributed by atoms with Crippen LogP contribution in [0.4, 0.5) is 16.2 Å². The molecule has 0 aliphatic carbocycles. The standard InChI is InChI=1S/C13H10Cl2N2O2/c14-9-6-5-8(7-11(9)16)19-13(18)17-12-4-2-1-3-10(12)15/h1-7H,16H2,(H,17,18). The Bertz CT molecular complexity index is 617. The lowest BCUT2D eigenvalue weighted by molar-refractivity contribution is 0.215. The van der Waals surface area contributed by atoms with Crippen molar-refractivity contribution >= 4 is 40.7 Å². The van der Waals surface area contributed by atoms with Gasteiger partial charge >= 0.3 is 6.09 Å². The topological polar surface area (TPSA) is 64.3 Å². The number of nitrogens with two attached hydrogens (primary N) is 1. The van der Waals surface area contributed by atoms with E-state index >= 15 is 0 Å². The Morgan fingerprint density at radius 3 is 2.53 bits per heavy atom. The van der Waals surface area contributed by atoms with Crippen molar-refractivity contribution < 1.29 is 9.53 Å². The minimum atomic E-state index is -0.658. The van der Waals surface area contributed by atoms with Crippen molar-refractivity contribution in [1.29, 1.82) is 0 Å². The summed E-state index contributed by atoms with van der Waals surface area (Å²) in [6.45, 7) is 0. The van der Waals surface area contributed by atoms with Crippen LogP contribution in [0.2, 0.25) is 10.0 Å². The van der Waals surface area contributed by atoms with Gasteiger partial charge < -0.3 is 10.5 Å². The normalized spacial score (nSPS) is 10.0. The lowest BCUT2D eigenvalue weighted by atomic mass is 10.3. The van der Waals surface area contributed by atoms with E-state index < -0.39 is 6.09 Å². The molecule has 0 fully saturated rings. The van der Waals surface area contributed by atoms with Gasteiger partial charge in [0.25, 0.3) is 0 Å². The molecule has 1 amide bonds. The fourth-order valence-electron chi connectivity index (χ4n) is 1.39. The van der Waals surface area contributed by atoms with Gasteiger partial charge in [0.05, 0.1) is 21.4 Å². The van der Waals surface area contributed by atoms with Crippen LogP contribution in [0.15, 0.2) is 42.5 Å². The van der Waals surface area contributed by atoms with Crippen molar-refractivity contribution in [2.75, 3.05) is 11.1 Å². The van der Waals surface area contributed by atoms with Gasteiger partial charge in [0, 0.05) is 6.07 Å². The molecular formula is C13H10Cl2N2O2. The highest BCUT2D eigenvalue weighted by molar-refractivity contribution is 6.33. The average molecular weight is 297 g/mol. The molecule has 2 aromatic rings. The third kappa shape index (κ3) is 3.53. The van der Waals surface area contributed by atoms with Crippen LogP contribution in [0.5, 0.6) is 5.75 Å². The minimum Gasteiger partial charge on any atom is -0.410 e. The number of hydrogen-bond acceptors (Lipinski definition) is 3. The predicted octanol–water partition coefficient (Wildman–Crippen LogP) is 4.19. The maximum atomic E-state index is 11.7. The van der Waals surface area contributed by atoms with Crippen LogP contribution in [-0.2, 0) is 0 Å². The molecule has 0 saturated carbocycles. The Kier molecular flexibility index (Phi) is 4.14. The monoisotopic (exact) mass is 296 g/mol. The minimum absolute atomic E-state index is 0.298. The van der Waals surface area contributed by atoms with Crippen molar-refractivity contribution in [1.82, 2.24) is 0 Å². The van der Waals surface area contributed by atoms with Crippen molar-refractivity contribution in [3.63, 3.8) is 0 Å². The highest BCUT2D eigenvalue weighted by Gasteiger charge is 2.08. The molecular weight excluding hydrogens is 287 g/mol. The molecule has 0 atom stereocenters. The lowest BCUT2D eigenvalue weighted by Gasteiger charge is -2.08. The van der Waals surface area contributed by atoms with E-state index in [1.54, 1.807) is 36.4 Å². The summed E-state index contributed by atoms with van der Waals surface area (Å²) in [4.78, 5) is 11.7.